The molecule has 2 aliphatic rings. The number of benzene rings is 2. The van der Waals surface area contributed by atoms with Gasteiger partial charge >= 0.3 is 5.97 Å². The number of carbonyl (C=O) groups excluding carboxylic acids is 1. The van der Waals surface area contributed by atoms with Crippen LogP contribution in [0.3, 0.4) is 0 Å². The molecular weight excluding hydrogens is 298 g/mol. The topological polar surface area (TPSA) is 29.5 Å². The molecule has 0 radical (unpaired) electrons. The Kier molecular flexibility index (Phi) is 4.11. The normalized spacial score (nSPS) is 29.4. The van der Waals surface area contributed by atoms with Gasteiger partial charge in [0.1, 0.15) is 5.75 Å². The average Bonchev–Trinajstić information content (AvgIpc) is 2.85. The van der Waals surface area contributed by atoms with Crippen LogP contribution in [0.1, 0.15) is 30.7 Å². The van der Waals surface area contributed by atoms with Crippen molar-refractivity contribution >= 4 is 5.97 Å². The van der Waals surface area contributed by atoms with Crippen LogP contribution in [0.4, 0.5) is 0 Å². The second-order valence-electron chi connectivity index (χ2n) is 6.98. The van der Waals surface area contributed by atoms with E-state index in [4.69, 9.17) is 4.74 Å². The highest BCUT2D eigenvalue weighted by Crippen LogP contribution is 2.46. The van der Waals surface area contributed by atoms with Crippen molar-refractivity contribution in [2.24, 2.45) is 5.92 Å². The first-order valence-electron chi connectivity index (χ1n) is 8.77. The predicted octanol–water partition coefficient (Wildman–Crippen LogP) is 3.86. The van der Waals surface area contributed by atoms with Gasteiger partial charge in [-0.15, -0.1) is 0 Å². The number of hydrogen-bond donors (Lipinski definition) is 0. The van der Waals surface area contributed by atoms with Crippen LogP contribution in [0.15, 0.2) is 60.7 Å². The van der Waals surface area contributed by atoms with Crippen molar-refractivity contribution in [3.8, 4) is 5.75 Å². The number of nitrogens with zero attached hydrogens (tertiary/aromatic N) is 1. The molecule has 2 aliphatic heterocycles. The Morgan fingerprint density at radius 2 is 1.67 bits per heavy atom. The molecule has 0 amide bonds. The third-order valence-corrected chi connectivity index (χ3v) is 5.73. The van der Waals surface area contributed by atoms with Gasteiger partial charge < -0.3 is 4.74 Å². The van der Waals surface area contributed by atoms with E-state index in [0.29, 0.717) is 11.8 Å². The van der Waals surface area contributed by atoms with Crippen LogP contribution in [0, 0.1) is 5.92 Å². The summed E-state index contributed by atoms with van der Waals surface area (Å²) in [4.78, 5) is 15.4. The number of carbonyl (C=O) groups is 1. The fourth-order valence-electron chi connectivity index (χ4n) is 4.50. The number of hydrogen-bond acceptors (Lipinski definition) is 3. The first kappa shape index (κ1) is 15.4. The molecular formula is C21H23NO2. The third kappa shape index (κ3) is 2.73. The molecule has 4 rings (SSSR count). The maximum absolute atomic E-state index is 13.0. The van der Waals surface area contributed by atoms with Gasteiger partial charge in [0.15, 0.2) is 0 Å². The zero-order valence-electron chi connectivity index (χ0n) is 14.0. The van der Waals surface area contributed by atoms with Gasteiger partial charge in [0.05, 0.1) is 5.92 Å². The Morgan fingerprint density at radius 1 is 1.00 bits per heavy atom. The number of rotatable bonds is 3. The highest BCUT2D eigenvalue weighted by atomic mass is 16.5. The van der Waals surface area contributed by atoms with Gasteiger partial charge in [-0.05, 0) is 44.0 Å². The Morgan fingerprint density at radius 3 is 2.38 bits per heavy atom. The minimum absolute atomic E-state index is 0.0905. The van der Waals surface area contributed by atoms with Crippen molar-refractivity contribution in [2.45, 2.75) is 37.3 Å². The molecule has 4 atom stereocenters. The molecule has 0 unspecified atom stereocenters. The van der Waals surface area contributed by atoms with Gasteiger partial charge in [0.2, 0.25) is 0 Å². The van der Waals surface area contributed by atoms with Crippen molar-refractivity contribution in [3.05, 3.63) is 66.2 Å². The SMILES string of the molecule is CN1[C@H]2CC[C@@H]1[C@@H](C(=O)Oc1ccccc1)[C@@H](c1ccccc1)C2. The fraction of sp³-hybridized carbons (Fsp3) is 0.381. The second kappa shape index (κ2) is 6.40. The molecule has 0 aromatic heterocycles. The van der Waals surface area contributed by atoms with Crippen LogP contribution in [0.25, 0.3) is 0 Å². The zero-order valence-corrected chi connectivity index (χ0v) is 14.0. The van der Waals surface area contributed by atoms with Crippen LogP contribution < -0.4 is 4.74 Å². The van der Waals surface area contributed by atoms with Gasteiger partial charge in [0, 0.05) is 18.0 Å². The Bertz CT molecular complexity index is 700. The fourth-order valence-corrected chi connectivity index (χ4v) is 4.50. The van der Waals surface area contributed by atoms with E-state index in [1.54, 1.807) is 0 Å². The molecule has 3 nitrogen and oxygen atoms in total. The van der Waals surface area contributed by atoms with Crippen molar-refractivity contribution < 1.29 is 9.53 Å². The van der Waals surface area contributed by atoms with Gasteiger partial charge in [-0.25, -0.2) is 0 Å². The second-order valence-corrected chi connectivity index (χ2v) is 6.98. The number of fused-ring (bicyclic) bond motifs is 2. The zero-order chi connectivity index (χ0) is 16.5. The molecule has 124 valence electrons. The van der Waals surface area contributed by atoms with Crippen molar-refractivity contribution in [2.75, 3.05) is 7.05 Å². The number of ether oxygens (including phenoxy) is 1. The van der Waals surface area contributed by atoms with Gasteiger partial charge in [0.25, 0.3) is 0 Å². The summed E-state index contributed by atoms with van der Waals surface area (Å²) < 4.78 is 5.74. The lowest BCUT2D eigenvalue weighted by molar-refractivity contribution is -0.143. The molecule has 3 heteroatoms. The minimum Gasteiger partial charge on any atom is -0.426 e. The van der Waals surface area contributed by atoms with Crippen molar-refractivity contribution in [1.29, 1.82) is 0 Å². The first-order chi connectivity index (χ1) is 11.7. The van der Waals surface area contributed by atoms with Gasteiger partial charge in [-0.3, -0.25) is 9.69 Å². The maximum atomic E-state index is 13.0. The summed E-state index contributed by atoms with van der Waals surface area (Å²) in [7, 11) is 2.16. The van der Waals surface area contributed by atoms with E-state index >= 15 is 0 Å². The van der Waals surface area contributed by atoms with Crippen molar-refractivity contribution in [3.63, 3.8) is 0 Å². The van der Waals surface area contributed by atoms with Crippen LogP contribution in [0.5, 0.6) is 5.75 Å². The highest BCUT2D eigenvalue weighted by Gasteiger charge is 2.49. The summed E-state index contributed by atoms with van der Waals surface area (Å²) in [6.45, 7) is 0. The standard InChI is InChI=1S/C21H23NO2/c1-22-16-12-13-19(22)20(18(14-16)15-8-4-2-5-9-15)21(23)24-17-10-6-3-7-11-17/h2-11,16,18-20H,12-14H2,1H3/t16-,18+,19+,20-/m0/s1. The lowest BCUT2D eigenvalue weighted by Crippen LogP contribution is -2.49. The molecule has 0 N–H and O–H groups in total. The van der Waals surface area contributed by atoms with E-state index in [9.17, 15) is 4.79 Å². The molecule has 2 fully saturated rings. The van der Waals surface area contributed by atoms with Crippen LogP contribution >= 0.6 is 0 Å². The number of piperidine rings is 1. The van der Waals surface area contributed by atoms with Crippen LogP contribution in [0.2, 0.25) is 0 Å². The Balaban J connectivity index is 1.64. The first-order valence-corrected chi connectivity index (χ1v) is 8.77. The summed E-state index contributed by atoms with van der Waals surface area (Å²) in [5.74, 6) is 0.691. The average molecular weight is 321 g/mol. The highest BCUT2D eigenvalue weighted by molar-refractivity contribution is 5.77. The van der Waals surface area contributed by atoms with E-state index in [1.807, 2.05) is 36.4 Å². The largest absolute Gasteiger partial charge is 0.426 e. The molecule has 2 heterocycles. The molecule has 0 aliphatic carbocycles. The van der Waals surface area contributed by atoms with E-state index in [2.05, 4.69) is 36.2 Å². The molecule has 0 saturated carbocycles. The van der Waals surface area contributed by atoms with Crippen molar-refractivity contribution in [1.82, 2.24) is 4.90 Å². The quantitative estimate of drug-likeness (QED) is 0.635. The van der Waals surface area contributed by atoms with E-state index in [-0.39, 0.29) is 23.8 Å². The monoisotopic (exact) mass is 321 g/mol. The molecule has 2 bridgehead atoms. The van der Waals surface area contributed by atoms with E-state index in [1.165, 1.54) is 12.0 Å². The summed E-state index contributed by atoms with van der Waals surface area (Å²) in [6.07, 6.45) is 3.30. The third-order valence-electron chi connectivity index (χ3n) is 5.73. The molecule has 24 heavy (non-hydrogen) atoms. The van der Waals surface area contributed by atoms with Crippen LogP contribution in [-0.4, -0.2) is 30.0 Å². The lowest BCUT2D eigenvalue weighted by atomic mass is 9.76. The van der Waals surface area contributed by atoms with Gasteiger partial charge in [-0.2, -0.15) is 0 Å². The van der Waals surface area contributed by atoms with Gasteiger partial charge in [-0.1, -0.05) is 48.5 Å². The summed E-state index contributed by atoms with van der Waals surface area (Å²) in [6, 6.07) is 20.8. The smallest absolute Gasteiger partial charge is 0.316 e. The maximum Gasteiger partial charge on any atom is 0.316 e. The van der Waals surface area contributed by atoms with Crippen LogP contribution in [-0.2, 0) is 4.79 Å². The number of para-hydroxylation sites is 1. The summed E-state index contributed by atoms with van der Waals surface area (Å²) in [5.41, 5.74) is 1.26. The van der Waals surface area contributed by atoms with E-state index < -0.39 is 0 Å². The summed E-state index contributed by atoms with van der Waals surface area (Å²) in [5, 5.41) is 0. The Labute approximate surface area is 143 Å². The molecule has 2 aromatic rings. The molecule has 0 spiro atoms. The minimum atomic E-state index is -0.101. The Hall–Kier alpha value is -2.13. The summed E-state index contributed by atoms with van der Waals surface area (Å²) >= 11 is 0. The molecule has 2 aromatic carbocycles. The molecule has 2 saturated heterocycles. The van der Waals surface area contributed by atoms with E-state index in [0.717, 1.165) is 12.8 Å². The number of esters is 1. The predicted molar refractivity (Wildman–Crippen MR) is 93.9 cm³/mol. The lowest BCUT2D eigenvalue weighted by Gasteiger charge is -2.41.